The van der Waals surface area contributed by atoms with Crippen molar-refractivity contribution in [1.82, 2.24) is 19.6 Å². The van der Waals surface area contributed by atoms with Crippen molar-refractivity contribution in [2.75, 3.05) is 0 Å². The molecule has 0 radical (unpaired) electrons. The molecular weight excluding hydrogens is 244 g/mol. The second-order valence-electron chi connectivity index (χ2n) is 1.88. The molecular formula is C5H5BrN4O3. The molecule has 0 unspecified atom stereocenters. The number of hydrogen-bond donors (Lipinski definition) is 1. The Labute approximate surface area is 78.1 Å². The molecule has 0 saturated heterocycles. The first-order valence-electron chi connectivity index (χ1n) is 3.04. The van der Waals surface area contributed by atoms with Crippen LogP contribution in [0.3, 0.4) is 0 Å². The van der Waals surface area contributed by atoms with E-state index in [1.54, 1.807) is 29.3 Å². The molecule has 0 atom stereocenters. The maximum atomic E-state index is 8.63. The lowest BCUT2D eigenvalue weighted by molar-refractivity contribution is -1.63. The van der Waals surface area contributed by atoms with Crippen molar-refractivity contribution in [2.24, 2.45) is 0 Å². The monoisotopic (exact) mass is 248 g/mol. The van der Waals surface area contributed by atoms with Gasteiger partial charge in [0, 0.05) is 12.3 Å². The van der Waals surface area contributed by atoms with Crippen molar-refractivity contribution in [2.45, 2.75) is 0 Å². The van der Waals surface area contributed by atoms with E-state index in [-0.39, 0.29) is 0 Å². The molecule has 0 amide bonds. The second kappa shape index (κ2) is 4.82. The third kappa shape index (κ3) is 3.42. The summed E-state index contributed by atoms with van der Waals surface area (Å²) >= 11 is -3.40. The standard InChI is InChI=1S/C5H4N4.BrHO3/c1-2-6-3-9-4-7-8-5(1)9;2-1(3)4/h1-4H;2H. The van der Waals surface area contributed by atoms with Crippen LogP contribution in [-0.2, 0) is 0 Å². The highest BCUT2D eigenvalue weighted by Gasteiger charge is 1.88. The summed E-state index contributed by atoms with van der Waals surface area (Å²) < 4.78 is 26.1. The third-order valence-electron chi connectivity index (χ3n) is 1.10. The van der Waals surface area contributed by atoms with Crippen LogP contribution in [0.4, 0.5) is 0 Å². The third-order valence-corrected chi connectivity index (χ3v) is 1.10. The van der Waals surface area contributed by atoms with E-state index in [4.69, 9.17) is 12.6 Å². The van der Waals surface area contributed by atoms with E-state index in [0.717, 1.165) is 5.65 Å². The van der Waals surface area contributed by atoms with Gasteiger partial charge in [-0.15, -0.1) is 10.2 Å². The summed E-state index contributed by atoms with van der Waals surface area (Å²) in [5.74, 6) is 0. The largest absolute Gasteiger partial charge is 0.433 e. The Hall–Kier alpha value is -1.09. The van der Waals surface area contributed by atoms with Crippen molar-refractivity contribution in [3.05, 3.63) is 24.9 Å². The molecule has 0 aromatic carbocycles. The smallest absolute Gasteiger partial charge is 0.372 e. The number of nitrogens with zero attached hydrogens (tertiary/aromatic N) is 4. The fraction of sp³-hybridized carbons (Fsp3) is 0. The SMILES string of the molecule is [O-][Br+2]([O-])O.c1cc2nncn2cn1. The lowest BCUT2D eigenvalue weighted by Gasteiger charge is -1.83. The first-order chi connectivity index (χ1) is 6.20. The quantitative estimate of drug-likeness (QED) is 0.539. The minimum absolute atomic E-state index is 0.824. The zero-order valence-electron chi connectivity index (χ0n) is 6.24. The van der Waals surface area contributed by atoms with Crippen LogP contribution in [0.2, 0.25) is 0 Å². The van der Waals surface area contributed by atoms with Crippen LogP contribution in [0.25, 0.3) is 5.65 Å². The molecule has 0 saturated carbocycles. The molecule has 0 aliphatic rings. The lowest BCUT2D eigenvalue weighted by Crippen LogP contribution is -2.30. The molecule has 70 valence electrons. The minimum atomic E-state index is -3.40. The van der Waals surface area contributed by atoms with Crippen molar-refractivity contribution in [3.63, 3.8) is 0 Å². The molecule has 0 spiro atoms. The Balaban J connectivity index is 0.000000184. The van der Waals surface area contributed by atoms with Gasteiger partial charge in [-0.1, -0.05) is 0 Å². The lowest BCUT2D eigenvalue weighted by atomic mass is 10.6. The highest BCUT2D eigenvalue weighted by molar-refractivity contribution is 5.32. The van der Waals surface area contributed by atoms with Gasteiger partial charge in [-0.2, -0.15) is 0 Å². The van der Waals surface area contributed by atoms with E-state index in [0.29, 0.717) is 0 Å². The first kappa shape index (κ1) is 9.99. The maximum absolute atomic E-state index is 8.63. The molecule has 7 nitrogen and oxygen atoms in total. The normalized spacial score (nSPS) is 9.85. The van der Waals surface area contributed by atoms with Crippen LogP contribution in [0.15, 0.2) is 24.9 Å². The van der Waals surface area contributed by atoms with E-state index in [2.05, 4.69) is 15.2 Å². The Kier molecular flexibility index (Phi) is 3.71. The van der Waals surface area contributed by atoms with E-state index >= 15 is 0 Å². The van der Waals surface area contributed by atoms with Crippen molar-refractivity contribution in [3.8, 4) is 0 Å². The Morgan fingerprint density at radius 2 is 2.08 bits per heavy atom. The fourth-order valence-corrected chi connectivity index (χ4v) is 0.680. The molecule has 2 aromatic rings. The van der Waals surface area contributed by atoms with Gasteiger partial charge < -0.3 is 8.40 Å². The van der Waals surface area contributed by atoms with Crippen LogP contribution in [0, 0.1) is 14.8 Å². The van der Waals surface area contributed by atoms with Crippen LogP contribution in [0.1, 0.15) is 0 Å². The van der Waals surface area contributed by atoms with Gasteiger partial charge >= 0.3 is 14.8 Å². The predicted molar refractivity (Wildman–Crippen MR) is 33.0 cm³/mol. The number of rotatable bonds is 0. The molecule has 8 heteroatoms. The van der Waals surface area contributed by atoms with Gasteiger partial charge in [-0.3, -0.25) is 4.40 Å². The van der Waals surface area contributed by atoms with E-state index in [9.17, 15) is 0 Å². The van der Waals surface area contributed by atoms with Crippen LogP contribution >= 0.6 is 0 Å². The molecule has 13 heavy (non-hydrogen) atoms. The molecule has 0 fully saturated rings. The first-order valence-corrected chi connectivity index (χ1v) is 5.04. The highest BCUT2D eigenvalue weighted by Crippen LogP contribution is 1.91. The number of halogens is 1. The summed E-state index contributed by atoms with van der Waals surface area (Å²) in [4.78, 5) is 3.87. The van der Waals surface area contributed by atoms with E-state index in [1.165, 1.54) is 0 Å². The molecule has 0 aliphatic heterocycles. The fourth-order valence-electron chi connectivity index (χ4n) is 0.680. The summed E-state index contributed by atoms with van der Waals surface area (Å²) in [6.45, 7) is 0. The van der Waals surface area contributed by atoms with Crippen molar-refractivity contribution < 1.29 is 27.4 Å². The van der Waals surface area contributed by atoms with E-state index in [1.807, 2.05) is 0 Å². The predicted octanol–water partition coefficient (Wildman–Crippen LogP) is -2.81. The molecule has 2 rings (SSSR count). The zero-order chi connectivity index (χ0) is 9.68. The maximum Gasteiger partial charge on any atom is 0.433 e. The zero-order valence-corrected chi connectivity index (χ0v) is 7.83. The number of fused-ring (bicyclic) bond motifs is 1. The van der Waals surface area contributed by atoms with Crippen molar-refractivity contribution >= 4 is 5.65 Å². The number of aromatic nitrogens is 4. The topological polar surface area (TPSA) is 109 Å². The molecule has 0 aliphatic carbocycles. The van der Waals surface area contributed by atoms with Gasteiger partial charge in [-0.25, -0.2) is 4.98 Å². The Morgan fingerprint density at radius 1 is 1.38 bits per heavy atom. The van der Waals surface area contributed by atoms with Crippen LogP contribution in [0.5, 0.6) is 0 Å². The molecule has 2 aromatic heterocycles. The van der Waals surface area contributed by atoms with Gasteiger partial charge in [0.25, 0.3) is 0 Å². The Morgan fingerprint density at radius 3 is 2.69 bits per heavy atom. The summed E-state index contributed by atoms with van der Waals surface area (Å²) in [7, 11) is 0. The van der Waals surface area contributed by atoms with Crippen molar-refractivity contribution in [1.29, 1.82) is 0 Å². The highest BCUT2D eigenvalue weighted by atomic mass is 80.0. The molecule has 0 bridgehead atoms. The minimum Gasteiger partial charge on any atom is -0.372 e. The van der Waals surface area contributed by atoms with Gasteiger partial charge in [0.1, 0.15) is 12.7 Å². The summed E-state index contributed by atoms with van der Waals surface area (Å²) in [6.07, 6.45) is 4.96. The summed E-state index contributed by atoms with van der Waals surface area (Å²) in [5, 5.41) is 7.47. The average molecular weight is 249 g/mol. The molecule has 1 N–H and O–H groups in total. The summed E-state index contributed by atoms with van der Waals surface area (Å²) in [5.41, 5.74) is 0.824. The van der Waals surface area contributed by atoms with Crippen LogP contribution in [-0.4, -0.2) is 23.8 Å². The van der Waals surface area contributed by atoms with Gasteiger partial charge in [0.2, 0.25) is 0 Å². The average Bonchev–Trinajstić information content (AvgIpc) is 2.49. The summed E-state index contributed by atoms with van der Waals surface area (Å²) in [6, 6.07) is 1.80. The number of hydrogen-bond acceptors (Lipinski definition) is 6. The Bertz CT molecular complexity index is 332. The van der Waals surface area contributed by atoms with Gasteiger partial charge in [0.15, 0.2) is 5.65 Å². The van der Waals surface area contributed by atoms with Crippen LogP contribution < -0.4 is 8.40 Å². The van der Waals surface area contributed by atoms with Gasteiger partial charge in [-0.05, 0) is 4.20 Å². The second-order valence-corrected chi connectivity index (χ2v) is 2.72. The van der Waals surface area contributed by atoms with E-state index < -0.39 is 14.8 Å². The van der Waals surface area contributed by atoms with Gasteiger partial charge in [0.05, 0.1) is 0 Å². The molecule has 2 heterocycles.